The number of phenols is 1. The van der Waals surface area contributed by atoms with Crippen LogP contribution in [0.2, 0.25) is 0 Å². The van der Waals surface area contributed by atoms with Crippen LogP contribution in [0, 0.1) is 6.92 Å². The molecule has 6 nitrogen and oxygen atoms in total. The standard InChI is InChI=1S/C21H18N2O4/c1-13-22-20(23-27-13)12-26-18-7-2-14(3-8-18)10-16-5-4-15-11-17(24)6-9-19(15)21(16)25/h2-3,6-11,24H,4-5,12H2,1H3/b16-10+. The monoisotopic (exact) mass is 362 g/mol. The maximum atomic E-state index is 12.7. The number of ketones is 1. The number of aromatic nitrogens is 2. The molecule has 0 amide bonds. The Kier molecular flexibility index (Phi) is 4.46. The predicted octanol–water partition coefficient (Wildman–Crippen LogP) is 3.88. The van der Waals surface area contributed by atoms with Crippen LogP contribution in [0.1, 0.15) is 39.6 Å². The fourth-order valence-electron chi connectivity index (χ4n) is 3.11. The van der Waals surface area contributed by atoms with Crippen molar-refractivity contribution in [1.82, 2.24) is 10.1 Å². The maximum absolute atomic E-state index is 12.7. The van der Waals surface area contributed by atoms with Gasteiger partial charge in [0.05, 0.1) is 0 Å². The number of aryl methyl sites for hydroxylation is 2. The molecule has 1 heterocycles. The lowest BCUT2D eigenvalue weighted by Crippen LogP contribution is -2.13. The second-order valence-electron chi connectivity index (χ2n) is 6.43. The van der Waals surface area contributed by atoms with Crippen LogP contribution in [0.25, 0.3) is 6.08 Å². The molecule has 0 unspecified atom stereocenters. The largest absolute Gasteiger partial charge is 0.508 e. The van der Waals surface area contributed by atoms with Crippen molar-refractivity contribution in [2.24, 2.45) is 0 Å². The summed E-state index contributed by atoms with van der Waals surface area (Å²) in [7, 11) is 0. The lowest BCUT2D eigenvalue weighted by atomic mass is 9.86. The van der Waals surface area contributed by atoms with E-state index in [0.717, 1.165) is 23.1 Å². The van der Waals surface area contributed by atoms with Crippen molar-refractivity contribution in [3.8, 4) is 11.5 Å². The minimum atomic E-state index is 0.0176. The van der Waals surface area contributed by atoms with Crippen LogP contribution in [0.3, 0.4) is 0 Å². The summed E-state index contributed by atoms with van der Waals surface area (Å²) in [6.07, 6.45) is 3.31. The molecule has 1 aromatic heterocycles. The van der Waals surface area contributed by atoms with Crippen molar-refractivity contribution in [2.45, 2.75) is 26.4 Å². The van der Waals surface area contributed by atoms with Gasteiger partial charge in [0.1, 0.15) is 11.5 Å². The van der Waals surface area contributed by atoms with Crippen LogP contribution >= 0.6 is 0 Å². The first-order chi connectivity index (χ1) is 13.1. The molecule has 0 radical (unpaired) electrons. The van der Waals surface area contributed by atoms with Crippen LogP contribution in [-0.4, -0.2) is 21.0 Å². The molecule has 3 aromatic rings. The highest BCUT2D eigenvalue weighted by atomic mass is 16.5. The third kappa shape index (κ3) is 3.74. The number of hydrogen-bond donors (Lipinski definition) is 1. The van der Waals surface area contributed by atoms with E-state index in [9.17, 15) is 9.90 Å². The van der Waals surface area contributed by atoms with Crippen LogP contribution in [0.15, 0.2) is 52.6 Å². The molecule has 27 heavy (non-hydrogen) atoms. The Hall–Kier alpha value is -3.41. The van der Waals surface area contributed by atoms with E-state index in [-0.39, 0.29) is 18.1 Å². The van der Waals surface area contributed by atoms with Crippen molar-refractivity contribution >= 4 is 11.9 Å². The molecule has 2 aromatic carbocycles. The molecule has 4 rings (SSSR count). The average molecular weight is 362 g/mol. The Morgan fingerprint density at radius 2 is 2.00 bits per heavy atom. The van der Waals surface area contributed by atoms with Crippen molar-refractivity contribution in [1.29, 1.82) is 0 Å². The van der Waals surface area contributed by atoms with E-state index >= 15 is 0 Å². The van der Waals surface area contributed by atoms with Gasteiger partial charge in [0.25, 0.3) is 0 Å². The van der Waals surface area contributed by atoms with Gasteiger partial charge in [-0.15, -0.1) is 0 Å². The third-order valence-electron chi connectivity index (χ3n) is 4.45. The first kappa shape index (κ1) is 17.0. The number of benzene rings is 2. The summed E-state index contributed by atoms with van der Waals surface area (Å²) in [6, 6.07) is 12.4. The SMILES string of the molecule is Cc1nc(COc2ccc(/C=C3\CCc4cc(O)ccc4C3=O)cc2)no1. The lowest BCUT2D eigenvalue weighted by Gasteiger charge is -2.17. The molecule has 1 aliphatic rings. The second kappa shape index (κ2) is 7.07. The fourth-order valence-corrected chi connectivity index (χ4v) is 3.11. The minimum Gasteiger partial charge on any atom is -0.508 e. The zero-order valence-corrected chi connectivity index (χ0v) is 14.8. The van der Waals surface area contributed by atoms with Crippen LogP contribution in [-0.2, 0) is 13.0 Å². The zero-order valence-electron chi connectivity index (χ0n) is 14.8. The van der Waals surface area contributed by atoms with E-state index < -0.39 is 0 Å². The number of carbonyl (C=O) groups excluding carboxylic acids is 1. The predicted molar refractivity (Wildman–Crippen MR) is 98.5 cm³/mol. The summed E-state index contributed by atoms with van der Waals surface area (Å²) in [4.78, 5) is 16.8. The highest BCUT2D eigenvalue weighted by Gasteiger charge is 2.22. The number of allylic oxidation sites excluding steroid dienone is 1. The molecule has 0 saturated heterocycles. The molecule has 0 spiro atoms. The number of rotatable bonds is 4. The van der Waals surface area contributed by atoms with Gasteiger partial charge in [0, 0.05) is 18.1 Å². The van der Waals surface area contributed by atoms with Gasteiger partial charge >= 0.3 is 0 Å². The highest BCUT2D eigenvalue weighted by Crippen LogP contribution is 2.29. The number of fused-ring (bicyclic) bond motifs is 1. The van der Waals surface area contributed by atoms with Crippen molar-refractivity contribution in [3.63, 3.8) is 0 Å². The van der Waals surface area contributed by atoms with Crippen LogP contribution in [0.5, 0.6) is 11.5 Å². The van der Waals surface area contributed by atoms with Gasteiger partial charge in [0.15, 0.2) is 12.4 Å². The first-order valence-electron chi connectivity index (χ1n) is 8.68. The van der Waals surface area contributed by atoms with E-state index in [1.807, 2.05) is 30.3 Å². The van der Waals surface area contributed by atoms with Crippen molar-refractivity contribution < 1.29 is 19.2 Å². The van der Waals surface area contributed by atoms with Crippen molar-refractivity contribution in [3.05, 3.63) is 76.4 Å². The Balaban J connectivity index is 1.46. The number of aromatic hydroxyl groups is 1. The lowest BCUT2D eigenvalue weighted by molar-refractivity contribution is 0.102. The zero-order chi connectivity index (χ0) is 18.8. The number of phenolic OH excluding ortho intramolecular Hbond substituents is 1. The topological polar surface area (TPSA) is 85.5 Å². The summed E-state index contributed by atoms with van der Waals surface area (Å²) in [5.41, 5.74) is 3.27. The Morgan fingerprint density at radius 3 is 2.74 bits per heavy atom. The summed E-state index contributed by atoms with van der Waals surface area (Å²) in [5.74, 6) is 1.90. The quantitative estimate of drug-likeness (QED) is 0.709. The molecule has 1 N–H and O–H groups in total. The molecule has 6 heteroatoms. The normalized spacial score (nSPS) is 15.0. The first-order valence-corrected chi connectivity index (χ1v) is 8.68. The highest BCUT2D eigenvalue weighted by molar-refractivity contribution is 6.13. The van der Waals surface area contributed by atoms with Gasteiger partial charge in [-0.1, -0.05) is 17.3 Å². The molecule has 0 atom stereocenters. The van der Waals surface area contributed by atoms with Gasteiger partial charge in [0.2, 0.25) is 11.7 Å². The van der Waals surface area contributed by atoms with Gasteiger partial charge in [-0.2, -0.15) is 4.98 Å². The number of carbonyl (C=O) groups is 1. The Labute approximate surface area is 156 Å². The number of hydrogen-bond acceptors (Lipinski definition) is 6. The smallest absolute Gasteiger partial charge is 0.223 e. The Morgan fingerprint density at radius 1 is 1.19 bits per heavy atom. The fraction of sp³-hybridized carbons (Fsp3) is 0.190. The van der Waals surface area contributed by atoms with E-state index in [4.69, 9.17) is 9.26 Å². The number of Topliss-reactive ketones (excluding diaryl/α,β-unsaturated/α-hetero) is 1. The maximum Gasteiger partial charge on any atom is 0.223 e. The minimum absolute atomic E-state index is 0.0176. The Bertz CT molecular complexity index is 1020. The molecule has 136 valence electrons. The van der Waals surface area contributed by atoms with Crippen molar-refractivity contribution in [2.75, 3.05) is 0 Å². The molecule has 1 aliphatic carbocycles. The van der Waals surface area contributed by atoms with E-state index in [0.29, 0.717) is 29.4 Å². The summed E-state index contributed by atoms with van der Waals surface area (Å²) in [5, 5.41) is 13.4. The van der Waals surface area contributed by atoms with E-state index in [1.54, 1.807) is 25.1 Å². The van der Waals surface area contributed by atoms with Crippen LogP contribution < -0.4 is 4.74 Å². The van der Waals surface area contributed by atoms with E-state index in [1.165, 1.54) is 0 Å². The van der Waals surface area contributed by atoms with Crippen LogP contribution in [0.4, 0.5) is 0 Å². The average Bonchev–Trinajstić information content (AvgIpc) is 3.09. The van der Waals surface area contributed by atoms with Gasteiger partial charge in [-0.25, -0.2) is 0 Å². The molecule has 0 fully saturated rings. The summed E-state index contributed by atoms with van der Waals surface area (Å²) in [6.45, 7) is 1.96. The molecule has 0 saturated carbocycles. The molecular weight excluding hydrogens is 344 g/mol. The second-order valence-corrected chi connectivity index (χ2v) is 6.43. The summed E-state index contributed by atoms with van der Waals surface area (Å²) < 4.78 is 10.5. The summed E-state index contributed by atoms with van der Waals surface area (Å²) >= 11 is 0. The van der Waals surface area contributed by atoms with Gasteiger partial charge in [-0.05, 0) is 60.4 Å². The number of ether oxygens (including phenoxy) is 1. The van der Waals surface area contributed by atoms with Gasteiger partial charge < -0.3 is 14.4 Å². The molecule has 0 bridgehead atoms. The molecular formula is C21H18N2O4. The van der Waals surface area contributed by atoms with E-state index in [2.05, 4.69) is 10.1 Å². The number of nitrogens with zero attached hydrogens (tertiary/aromatic N) is 2. The third-order valence-corrected chi connectivity index (χ3v) is 4.45. The molecule has 0 aliphatic heterocycles. The van der Waals surface area contributed by atoms with Gasteiger partial charge in [-0.3, -0.25) is 4.79 Å².